The van der Waals surface area contributed by atoms with Crippen molar-refractivity contribution < 1.29 is 36.0 Å². The highest BCUT2D eigenvalue weighted by Crippen LogP contribution is 2.27. The molecular weight excluding hydrogens is 493 g/mol. The van der Waals surface area contributed by atoms with Crippen LogP contribution in [0.2, 0.25) is 0 Å². The normalized spacial score (nSPS) is 11.6. The Bertz CT molecular complexity index is 1540. The number of carbonyl (C=O) groups excluding carboxylic acids is 1. The predicted molar refractivity (Wildman–Crippen MR) is 117 cm³/mol. The highest BCUT2D eigenvalue weighted by atomic mass is 19.4. The second-order valence-electron chi connectivity index (χ2n) is 7.72. The third-order valence-corrected chi connectivity index (χ3v) is 5.19. The first kappa shape index (κ1) is 24.6. The maximum Gasteiger partial charge on any atom is 0.493 e. The standard InChI is InChI=1S/C22H16F5N5O4/c1-9-4-12(5-10(2)11(9)3)30-20-28-8-15(24)18(31-20)29-13-6-14(23)17-16(7-13)32(21(34)35-17)36-19(33)22(25,26)27/h4-8H,1-3H3,(H2,28,29,30,31). The Morgan fingerprint density at radius 2 is 1.64 bits per heavy atom. The van der Waals surface area contributed by atoms with Crippen molar-refractivity contribution in [3.8, 4) is 0 Å². The molecule has 0 aliphatic heterocycles. The molecule has 0 aliphatic rings. The number of benzene rings is 2. The molecular formula is C22H16F5N5O4. The first-order valence-electron chi connectivity index (χ1n) is 10.1. The number of anilines is 4. The molecule has 2 heterocycles. The van der Waals surface area contributed by atoms with Gasteiger partial charge in [-0.1, -0.05) is 4.73 Å². The zero-order chi connectivity index (χ0) is 26.4. The average Bonchev–Trinajstić information content (AvgIpc) is 3.09. The van der Waals surface area contributed by atoms with Crippen LogP contribution in [0.5, 0.6) is 0 Å². The van der Waals surface area contributed by atoms with Crippen LogP contribution in [0.1, 0.15) is 16.7 Å². The Hall–Kier alpha value is -4.49. The van der Waals surface area contributed by atoms with Crippen LogP contribution in [-0.2, 0) is 4.79 Å². The maximum atomic E-state index is 14.5. The van der Waals surface area contributed by atoms with Crippen LogP contribution in [0.4, 0.5) is 45.1 Å². The molecule has 0 aliphatic carbocycles. The number of fused-ring (bicyclic) bond motifs is 1. The molecule has 0 unspecified atom stereocenters. The molecule has 0 fully saturated rings. The molecule has 0 bridgehead atoms. The van der Waals surface area contributed by atoms with Crippen molar-refractivity contribution in [3.05, 3.63) is 69.3 Å². The second kappa shape index (κ2) is 8.94. The molecule has 0 radical (unpaired) electrons. The number of aromatic nitrogens is 3. The molecule has 4 rings (SSSR count). The number of alkyl halides is 3. The van der Waals surface area contributed by atoms with Crippen LogP contribution >= 0.6 is 0 Å². The number of carbonyl (C=O) groups is 1. The van der Waals surface area contributed by atoms with E-state index >= 15 is 0 Å². The highest BCUT2D eigenvalue weighted by molar-refractivity contribution is 5.81. The SMILES string of the molecule is Cc1cc(Nc2ncc(F)c(Nc3cc(F)c4oc(=O)n(OC(=O)C(F)(F)F)c4c3)n2)cc(C)c1C. The van der Waals surface area contributed by atoms with Crippen molar-refractivity contribution in [1.29, 1.82) is 0 Å². The first-order chi connectivity index (χ1) is 16.8. The molecule has 0 saturated carbocycles. The van der Waals surface area contributed by atoms with E-state index in [1.165, 1.54) is 0 Å². The summed E-state index contributed by atoms with van der Waals surface area (Å²) >= 11 is 0. The quantitative estimate of drug-likeness (QED) is 0.376. The highest BCUT2D eigenvalue weighted by Gasteiger charge is 2.42. The summed E-state index contributed by atoms with van der Waals surface area (Å²) < 4.78 is 70.9. The topological polar surface area (TPSA) is 111 Å². The number of oxazole rings is 1. The Labute approximate surface area is 198 Å². The minimum atomic E-state index is -5.43. The summed E-state index contributed by atoms with van der Waals surface area (Å²) in [7, 11) is 0. The van der Waals surface area contributed by atoms with Crippen LogP contribution in [0, 0.1) is 32.4 Å². The summed E-state index contributed by atoms with van der Waals surface area (Å²) in [6, 6.07) is 5.37. The van der Waals surface area contributed by atoms with Crippen LogP contribution in [0.25, 0.3) is 11.1 Å². The smallest absolute Gasteiger partial charge is 0.402 e. The largest absolute Gasteiger partial charge is 0.493 e. The van der Waals surface area contributed by atoms with E-state index in [2.05, 4.69) is 29.9 Å². The van der Waals surface area contributed by atoms with Gasteiger partial charge in [-0.05, 0) is 55.7 Å². The van der Waals surface area contributed by atoms with Gasteiger partial charge in [0, 0.05) is 17.4 Å². The zero-order valence-electron chi connectivity index (χ0n) is 18.8. The lowest BCUT2D eigenvalue weighted by molar-refractivity contribution is -0.200. The Morgan fingerprint density at radius 1 is 1.00 bits per heavy atom. The minimum absolute atomic E-state index is 0.0116. The minimum Gasteiger partial charge on any atom is -0.402 e. The molecule has 188 valence electrons. The van der Waals surface area contributed by atoms with E-state index in [9.17, 15) is 31.5 Å². The van der Waals surface area contributed by atoms with Crippen LogP contribution in [-0.4, -0.2) is 26.8 Å². The van der Waals surface area contributed by atoms with Crippen molar-refractivity contribution >= 4 is 40.2 Å². The predicted octanol–water partition coefficient (Wildman–Crippen LogP) is 4.59. The number of hydrogen-bond acceptors (Lipinski definition) is 8. The fourth-order valence-electron chi connectivity index (χ4n) is 3.24. The van der Waals surface area contributed by atoms with Crippen molar-refractivity contribution in [2.75, 3.05) is 10.6 Å². The van der Waals surface area contributed by atoms with E-state index in [4.69, 9.17) is 0 Å². The third kappa shape index (κ3) is 4.82. The van der Waals surface area contributed by atoms with Gasteiger partial charge in [0.05, 0.1) is 6.20 Å². The van der Waals surface area contributed by atoms with Crippen molar-refractivity contribution in [1.82, 2.24) is 14.7 Å². The van der Waals surface area contributed by atoms with E-state index in [1.54, 1.807) is 0 Å². The summed E-state index contributed by atoms with van der Waals surface area (Å²) in [5.41, 5.74) is 2.05. The van der Waals surface area contributed by atoms with Crippen LogP contribution in [0.15, 0.2) is 39.7 Å². The lowest BCUT2D eigenvalue weighted by Crippen LogP contribution is -2.36. The molecule has 14 heteroatoms. The molecule has 36 heavy (non-hydrogen) atoms. The summed E-state index contributed by atoms with van der Waals surface area (Å²) in [5, 5.41) is 5.39. The molecule has 9 nitrogen and oxygen atoms in total. The summed E-state index contributed by atoms with van der Waals surface area (Å²) in [6.07, 6.45) is -4.58. The van der Waals surface area contributed by atoms with Crippen molar-refractivity contribution in [3.63, 3.8) is 0 Å². The number of nitrogens with zero attached hydrogens (tertiary/aromatic N) is 3. The van der Waals surface area contributed by atoms with Gasteiger partial charge in [-0.2, -0.15) is 18.2 Å². The van der Waals surface area contributed by atoms with Gasteiger partial charge in [-0.3, -0.25) is 0 Å². The van der Waals surface area contributed by atoms with Crippen LogP contribution < -0.4 is 21.2 Å². The lowest BCUT2D eigenvalue weighted by atomic mass is 10.0. The number of rotatable bonds is 5. The molecule has 0 amide bonds. The summed E-state index contributed by atoms with van der Waals surface area (Å²) in [6.45, 7) is 5.79. The zero-order valence-corrected chi connectivity index (χ0v) is 18.8. The molecule has 0 atom stereocenters. The summed E-state index contributed by atoms with van der Waals surface area (Å²) in [4.78, 5) is 34.9. The number of hydrogen-bond donors (Lipinski definition) is 2. The molecule has 2 aromatic heterocycles. The van der Waals surface area contributed by atoms with E-state index in [0.717, 1.165) is 35.0 Å². The maximum absolute atomic E-state index is 14.5. The summed E-state index contributed by atoms with van der Waals surface area (Å²) in [5.74, 6) is -6.89. The Morgan fingerprint density at radius 3 is 2.28 bits per heavy atom. The van der Waals surface area contributed by atoms with Crippen LogP contribution in [0.3, 0.4) is 0 Å². The molecule has 0 saturated heterocycles. The van der Waals surface area contributed by atoms with Crippen molar-refractivity contribution in [2.45, 2.75) is 26.9 Å². The van der Waals surface area contributed by atoms with E-state index < -0.39 is 46.5 Å². The van der Waals surface area contributed by atoms with Gasteiger partial charge in [-0.15, -0.1) is 0 Å². The van der Waals surface area contributed by atoms with Gasteiger partial charge >= 0.3 is 17.9 Å². The van der Waals surface area contributed by atoms with E-state index in [-0.39, 0.29) is 16.4 Å². The average molecular weight is 509 g/mol. The van der Waals surface area contributed by atoms with Crippen molar-refractivity contribution in [2.24, 2.45) is 0 Å². The van der Waals surface area contributed by atoms with E-state index in [0.29, 0.717) is 5.69 Å². The fourth-order valence-corrected chi connectivity index (χ4v) is 3.24. The molecule has 4 aromatic rings. The monoisotopic (exact) mass is 509 g/mol. The third-order valence-electron chi connectivity index (χ3n) is 5.19. The second-order valence-corrected chi connectivity index (χ2v) is 7.72. The van der Waals surface area contributed by atoms with Gasteiger partial charge < -0.3 is 19.9 Å². The molecule has 2 aromatic carbocycles. The van der Waals surface area contributed by atoms with Gasteiger partial charge in [-0.25, -0.2) is 23.4 Å². The van der Waals surface area contributed by atoms with Gasteiger partial charge in [0.25, 0.3) is 0 Å². The van der Waals surface area contributed by atoms with Gasteiger partial charge in [0.1, 0.15) is 5.52 Å². The number of aryl methyl sites for hydroxylation is 2. The molecule has 0 spiro atoms. The lowest BCUT2D eigenvalue weighted by Gasteiger charge is -2.12. The Kier molecular flexibility index (Phi) is 6.12. The fraction of sp³-hybridized carbons (Fsp3) is 0.182. The number of halogens is 5. The van der Waals surface area contributed by atoms with Gasteiger partial charge in [0.15, 0.2) is 23.0 Å². The first-order valence-corrected chi connectivity index (χ1v) is 10.1. The van der Waals surface area contributed by atoms with E-state index in [1.807, 2.05) is 32.9 Å². The Balaban J connectivity index is 1.67. The number of nitrogens with one attached hydrogen (secondary N) is 2. The van der Waals surface area contributed by atoms with Gasteiger partial charge in [0.2, 0.25) is 5.95 Å². The molecule has 2 N–H and O–H groups in total.